The number of aromatic amines is 1. The van der Waals surface area contributed by atoms with Crippen molar-refractivity contribution < 1.29 is 9.90 Å². The van der Waals surface area contributed by atoms with Crippen LogP contribution >= 0.6 is 11.8 Å². The predicted molar refractivity (Wildman–Crippen MR) is 134 cm³/mol. The Hall–Kier alpha value is -3.58. The largest absolute Gasteiger partial charge is 0.481 e. The SMILES string of the molecule is O=C(O)CCCCCNc1ccccc1Sc1ccc2c(C=Cc3ccccn3)n[nH]c2c1. The fraction of sp³-hybridized carbons (Fsp3) is 0.192. The van der Waals surface area contributed by atoms with Crippen molar-refractivity contribution in [1.82, 2.24) is 15.2 Å². The Morgan fingerprint density at radius 1 is 1.03 bits per heavy atom. The van der Waals surface area contributed by atoms with E-state index >= 15 is 0 Å². The smallest absolute Gasteiger partial charge is 0.303 e. The summed E-state index contributed by atoms with van der Waals surface area (Å²) < 4.78 is 0. The maximum atomic E-state index is 10.6. The first-order valence-electron chi connectivity index (χ1n) is 11.0. The molecule has 3 N–H and O–H groups in total. The summed E-state index contributed by atoms with van der Waals surface area (Å²) >= 11 is 1.70. The maximum Gasteiger partial charge on any atom is 0.303 e. The van der Waals surface area contributed by atoms with Crippen molar-refractivity contribution >= 4 is 46.5 Å². The number of anilines is 1. The van der Waals surface area contributed by atoms with Crippen molar-refractivity contribution in [2.45, 2.75) is 35.5 Å². The van der Waals surface area contributed by atoms with Crippen LogP contribution in [0.15, 0.2) is 76.7 Å². The number of hydrogen-bond acceptors (Lipinski definition) is 5. The lowest BCUT2D eigenvalue weighted by Crippen LogP contribution is -2.03. The van der Waals surface area contributed by atoms with Crippen LogP contribution in [0.1, 0.15) is 37.1 Å². The fourth-order valence-corrected chi connectivity index (χ4v) is 4.44. The molecule has 0 amide bonds. The molecule has 0 aliphatic heterocycles. The molecule has 7 heteroatoms. The van der Waals surface area contributed by atoms with E-state index < -0.39 is 5.97 Å². The van der Waals surface area contributed by atoms with Gasteiger partial charge in [-0.2, -0.15) is 5.10 Å². The molecule has 0 spiro atoms. The average Bonchev–Trinajstić information content (AvgIpc) is 3.23. The van der Waals surface area contributed by atoms with E-state index in [-0.39, 0.29) is 6.42 Å². The van der Waals surface area contributed by atoms with E-state index in [9.17, 15) is 4.79 Å². The summed E-state index contributed by atoms with van der Waals surface area (Å²) in [7, 11) is 0. The number of carbonyl (C=O) groups is 1. The molecule has 0 unspecified atom stereocenters. The lowest BCUT2D eigenvalue weighted by molar-refractivity contribution is -0.137. The van der Waals surface area contributed by atoms with Gasteiger partial charge in [-0.1, -0.05) is 36.4 Å². The van der Waals surface area contributed by atoms with Crippen LogP contribution in [0, 0.1) is 0 Å². The van der Waals surface area contributed by atoms with Crippen LogP contribution in [0.5, 0.6) is 0 Å². The molecule has 6 nitrogen and oxygen atoms in total. The zero-order chi connectivity index (χ0) is 22.9. The van der Waals surface area contributed by atoms with Crippen LogP contribution in [0.2, 0.25) is 0 Å². The summed E-state index contributed by atoms with van der Waals surface area (Å²) in [4.78, 5) is 17.2. The molecule has 0 aliphatic carbocycles. The highest BCUT2D eigenvalue weighted by Crippen LogP contribution is 2.35. The van der Waals surface area contributed by atoms with Crippen molar-refractivity contribution in [3.05, 3.63) is 78.2 Å². The van der Waals surface area contributed by atoms with Gasteiger partial charge >= 0.3 is 5.97 Å². The molecule has 33 heavy (non-hydrogen) atoms. The Kier molecular flexibility index (Phi) is 7.76. The summed E-state index contributed by atoms with van der Waals surface area (Å²) in [5.41, 5.74) is 3.86. The minimum absolute atomic E-state index is 0.239. The molecule has 4 rings (SSSR count). The van der Waals surface area contributed by atoms with Crippen LogP contribution in [0.4, 0.5) is 5.69 Å². The molecule has 2 heterocycles. The molecule has 168 valence electrons. The third-order valence-electron chi connectivity index (χ3n) is 5.16. The number of rotatable bonds is 11. The molecule has 2 aromatic heterocycles. The van der Waals surface area contributed by atoms with Crippen molar-refractivity contribution in [1.29, 1.82) is 0 Å². The fourth-order valence-electron chi connectivity index (χ4n) is 3.48. The van der Waals surface area contributed by atoms with Gasteiger partial charge in [0.2, 0.25) is 0 Å². The number of H-pyrrole nitrogens is 1. The van der Waals surface area contributed by atoms with Crippen LogP contribution < -0.4 is 5.32 Å². The highest BCUT2D eigenvalue weighted by molar-refractivity contribution is 7.99. The van der Waals surface area contributed by atoms with Gasteiger partial charge in [-0.05, 0) is 67.5 Å². The predicted octanol–water partition coefficient (Wildman–Crippen LogP) is 6.34. The van der Waals surface area contributed by atoms with Crippen LogP contribution in [0.25, 0.3) is 23.1 Å². The maximum absolute atomic E-state index is 10.6. The molecule has 0 fully saturated rings. The van der Waals surface area contributed by atoms with E-state index in [4.69, 9.17) is 5.11 Å². The zero-order valence-corrected chi connectivity index (χ0v) is 19.0. The number of nitrogens with zero attached hydrogens (tertiary/aromatic N) is 2. The number of fused-ring (bicyclic) bond motifs is 1. The van der Waals surface area contributed by atoms with Gasteiger partial charge < -0.3 is 10.4 Å². The molecular formula is C26H26N4O2S. The number of benzene rings is 2. The van der Waals surface area contributed by atoms with Crippen molar-refractivity contribution in [2.75, 3.05) is 11.9 Å². The van der Waals surface area contributed by atoms with Crippen molar-refractivity contribution in [2.24, 2.45) is 0 Å². The van der Waals surface area contributed by atoms with Gasteiger partial charge in [0, 0.05) is 40.0 Å². The van der Waals surface area contributed by atoms with E-state index in [0.29, 0.717) is 0 Å². The van der Waals surface area contributed by atoms with E-state index in [1.54, 1.807) is 18.0 Å². The van der Waals surface area contributed by atoms with Gasteiger partial charge in [-0.15, -0.1) is 0 Å². The molecule has 2 aromatic carbocycles. The normalized spacial score (nSPS) is 11.3. The highest BCUT2D eigenvalue weighted by atomic mass is 32.2. The van der Waals surface area contributed by atoms with Crippen molar-refractivity contribution in [3.8, 4) is 0 Å². The number of nitrogens with one attached hydrogen (secondary N) is 2. The third kappa shape index (κ3) is 6.46. The number of aromatic nitrogens is 3. The summed E-state index contributed by atoms with van der Waals surface area (Å²) in [6.07, 6.45) is 8.52. The lowest BCUT2D eigenvalue weighted by atomic mass is 10.2. The number of carboxylic acids is 1. The van der Waals surface area contributed by atoms with E-state index in [2.05, 4.69) is 50.8 Å². The number of para-hydroxylation sites is 1. The minimum Gasteiger partial charge on any atom is -0.481 e. The summed E-state index contributed by atoms with van der Waals surface area (Å²) in [6.45, 7) is 0.822. The lowest BCUT2D eigenvalue weighted by Gasteiger charge is -2.11. The monoisotopic (exact) mass is 458 g/mol. The number of pyridine rings is 1. The molecule has 0 atom stereocenters. The molecule has 4 aromatic rings. The quantitative estimate of drug-likeness (QED) is 0.227. The Morgan fingerprint density at radius 3 is 2.76 bits per heavy atom. The topological polar surface area (TPSA) is 90.9 Å². The van der Waals surface area contributed by atoms with Gasteiger partial charge in [0.25, 0.3) is 0 Å². The van der Waals surface area contributed by atoms with Crippen LogP contribution in [-0.4, -0.2) is 32.8 Å². The first-order chi connectivity index (χ1) is 16.2. The second kappa shape index (κ2) is 11.3. The van der Waals surface area contributed by atoms with Crippen LogP contribution in [-0.2, 0) is 4.79 Å². The second-order valence-electron chi connectivity index (χ2n) is 7.63. The molecule has 0 saturated carbocycles. The number of aliphatic carboxylic acids is 1. The van der Waals surface area contributed by atoms with E-state index in [0.717, 1.165) is 63.6 Å². The highest BCUT2D eigenvalue weighted by Gasteiger charge is 2.08. The Balaban J connectivity index is 1.40. The molecule has 0 aliphatic rings. The van der Waals surface area contributed by atoms with Gasteiger partial charge in [0.15, 0.2) is 0 Å². The Morgan fingerprint density at radius 2 is 1.91 bits per heavy atom. The molecule has 0 bridgehead atoms. The molecular weight excluding hydrogens is 432 g/mol. The van der Waals surface area contributed by atoms with E-state index in [1.807, 2.05) is 42.5 Å². The van der Waals surface area contributed by atoms with Gasteiger partial charge in [-0.3, -0.25) is 14.9 Å². The van der Waals surface area contributed by atoms with Gasteiger partial charge in [-0.25, -0.2) is 0 Å². The number of unbranched alkanes of at least 4 members (excludes halogenated alkanes) is 2. The first kappa shape index (κ1) is 22.6. The van der Waals surface area contributed by atoms with Gasteiger partial charge in [0.1, 0.15) is 0 Å². The summed E-state index contributed by atoms with van der Waals surface area (Å²) in [5.74, 6) is -0.727. The van der Waals surface area contributed by atoms with E-state index in [1.165, 1.54) is 0 Å². The minimum atomic E-state index is -0.727. The molecule has 0 saturated heterocycles. The number of hydrogen-bond donors (Lipinski definition) is 3. The zero-order valence-electron chi connectivity index (χ0n) is 18.2. The Labute approximate surface area is 197 Å². The first-order valence-corrected chi connectivity index (χ1v) is 11.8. The summed E-state index contributed by atoms with van der Waals surface area (Å²) in [6, 6.07) is 20.4. The average molecular weight is 459 g/mol. The van der Waals surface area contributed by atoms with Crippen LogP contribution in [0.3, 0.4) is 0 Å². The standard InChI is InChI=1S/C26H26N4O2S/c31-26(32)11-2-1-6-17-28-23-9-3-4-10-25(23)33-20-13-14-21-22(29-30-24(21)18-20)15-12-19-8-5-7-16-27-19/h3-5,7-10,12-16,18,28H,1-2,6,11,17H2,(H,29,30)(H,31,32). The summed E-state index contributed by atoms with van der Waals surface area (Å²) in [5, 5.41) is 20.9. The van der Waals surface area contributed by atoms with Crippen molar-refractivity contribution in [3.63, 3.8) is 0 Å². The Bertz CT molecular complexity index is 1240. The number of carboxylic acid groups (broad SMARTS) is 1. The van der Waals surface area contributed by atoms with Gasteiger partial charge in [0.05, 0.1) is 16.9 Å². The molecule has 0 radical (unpaired) electrons. The third-order valence-corrected chi connectivity index (χ3v) is 6.23. The second-order valence-corrected chi connectivity index (χ2v) is 8.75.